The highest BCUT2D eigenvalue weighted by Crippen LogP contribution is 2.46. The zero-order valence-electron chi connectivity index (χ0n) is 10.2. The van der Waals surface area contributed by atoms with E-state index in [1.165, 1.54) is 0 Å². The summed E-state index contributed by atoms with van der Waals surface area (Å²) in [5, 5.41) is 10.2. The lowest BCUT2D eigenvalue weighted by Gasteiger charge is -2.28. The van der Waals surface area contributed by atoms with E-state index in [1.54, 1.807) is 0 Å². The minimum atomic E-state index is -0.757. The molecule has 1 saturated carbocycles. The third-order valence-electron chi connectivity index (χ3n) is 4.03. The summed E-state index contributed by atoms with van der Waals surface area (Å²) in [4.78, 5) is 11.7. The van der Waals surface area contributed by atoms with Gasteiger partial charge in [0.25, 0.3) is 0 Å². The molecule has 1 aromatic carbocycles. The fraction of sp³-hybridized carbons (Fsp3) is 0.500. The van der Waals surface area contributed by atoms with Crippen molar-refractivity contribution in [3.63, 3.8) is 0 Å². The summed E-state index contributed by atoms with van der Waals surface area (Å²) in [7, 11) is 0. The number of hydrogen-bond donors (Lipinski definition) is 1. The van der Waals surface area contributed by atoms with Gasteiger partial charge in [0.1, 0.15) is 0 Å². The maximum atomic E-state index is 11.7. The van der Waals surface area contributed by atoms with Gasteiger partial charge in [-0.2, -0.15) is 0 Å². The maximum absolute atomic E-state index is 11.7. The van der Waals surface area contributed by atoms with Crippen LogP contribution >= 0.6 is 11.6 Å². The van der Waals surface area contributed by atoms with E-state index >= 15 is 0 Å². The van der Waals surface area contributed by atoms with E-state index in [0.29, 0.717) is 17.9 Å². The first-order chi connectivity index (χ1) is 7.99. The van der Waals surface area contributed by atoms with E-state index in [9.17, 15) is 9.90 Å². The van der Waals surface area contributed by atoms with Crippen LogP contribution in [0.1, 0.15) is 42.4 Å². The second-order valence-corrected chi connectivity index (χ2v) is 5.37. The Kier molecular flexibility index (Phi) is 3.17. The van der Waals surface area contributed by atoms with Crippen molar-refractivity contribution in [2.24, 2.45) is 0 Å². The zero-order chi connectivity index (χ0) is 12.6. The van der Waals surface area contributed by atoms with Gasteiger partial charge in [0, 0.05) is 5.02 Å². The largest absolute Gasteiger partial charge is 0.481 e. The molecule has 0 unspecified atom stereocenters. The van der Waals surface area contributed by atoms with E-state index in [-0.39, 0.29) is 0 Å². The van der Waals surface area contributed by atoms with E-state index in [4.69, 9.17) is 11.6 Å². The van der Waals surface area contributed by atoms with Crippen LogP contribution in [-0.2, 0) is 10.2 Å². The SMILES string of the molecule is Cc1ccc(Cl)c(C2(C(=O)O)CCCC2)c1C. The monoisotopic (exact) mass is 252 g/mol. The van der Waals surface area contributed by atoms with Crippen molar-refractivity contribution in [2.45, 2.75) is 44.9 Å². The topological polar surface area (TPSA) is 37.3 Å². The van der Waals surface area contributed by atoms with Crippen molar-refractivity contribution in [3.05, 3.63) is 33.8 Å². The molecule has 92 valence electrons. The lowest BCUT2D eigenvalue weighted by molar-refractivity contribution is -0.143. The van der Waals surface area contributed by atoms with Crippen molar-refractivity contribution in [1.29, 1.82) is 0 Å². The number of benzene rings is 1. The van der Waals surface area contributed by atoms with Gasteiger partial charge in [-0.15, -0.1) is 0 Å². The number of carboxylic acids is 1. The van der Waals surface area contributed by atoms with Crippen molar-refractivity contribution in [1.82, 2.24) is 0 Å². The molecule has 0 spiro atoms. The first-order valence-corrected chi connectivity index (χ1v) is 6.36. The zero-order valence-corrected chi connectivity index (χ0v) is 11.0. The van der Waals surface area contributed by atoms with Gasteiger partial charge in [-0.25, -0.2) is 0 Å². The Balaban J connectivity index is 2.66. The molecule has 17 heavy (non-hydrogen) atoms. The molecule has 1 N–H and O–H groups in total. The molecule has 0 radical (unpaired) electrons. The maximum Gasteiger partial charge on any atom is 0.314 e. The molecule has 3 heteroatoms. The Labute approximate surface area is 107 Å². The van der Waals surface area contributed by atoms with Crippen LogP contribution in [0.4, 0.5) is 0 Å². The highest BCUT2D eigenvalue weighted by Gasteiger charge is 2.45. The van der Waals surface area contributed by atoms with Crippen LogP contribution in [-0.4, -0.2) is 11.1 Å². The molecule has 1 fully saturated rings. The minimum Gasteiger partial charge on any atom is -0.481 e. The van der Waals surface area contributed by atoms with Crippen molar-refractivity contribution in [3.8, 4) is 0 Å². The molecule has 2 nitrogen and oxygen atoms in total. The summed E-state index contributed by atoms with van der Waals surface area (Å²) in [6.45, 7) is 3.97. The lowest BCUT2D eigenvalue weighted by atomic mass is 9.76. The number of carboxylic acid groups (broad SMARTS) is 1. The number of carbonyl (C=O) groups is 1. The van der Waals surface area contributed by atoms with E-state index < -0.39 is 11.4 Å². The predicted molar refractivity (Wildman–Crippen MR) is 68.7 cm³/mol. The smallest absolute Gasteiger partial charge is 0.314 e. The summed E-state index contributed by atoms with van der Waals surface area (Å²) in [6, 6.07) is 3.77. The van der Waals surface area contributed by atoms with Gasteiger partial charge in [-0.05, 0) is 49.4 Å². The third kappa shape index (κ3) is 1.85. The first kappa shape index (κ1) is 12.4. The molecule has 0 aromatic heterocycles. The van der Waals surface area contributed by atoms with Crippen LogP contribution in [0.2, 0.25) is 5.02 Å². The Morgan fingerprint density at radius 2 is 1.88 bits per heavy atom. The Morgan fingerprint density at radius 1 is 1.29 bits per heavy atom. The van der Waals surface area contributed by atoms with Gasteiger partial charge in [-0.1, -0.05) is 30.5 Å². The molecule has 0 aliphatic heterocycles. The van der Waals surface area contributed by atoms with Crippen LogP contribution in [0.3, 0.4) is 0 Å². The fourth-order valence-electron chi connectivity index (χ4n) is 2.92. The van der Waals surface area contributed by atoms with Crippen LogP contribution in [0, 0.1) is 13.8 Å². The fourth-order valence-corrected chi connectivity index (χ4v) is 3.31. The molecular weight excluding hydrogens is 236 g/mol. The number of hydrogen-bond acceptors (Lipinski definition) is 1. The number of aliphatic carboxylic acids is 1. The molecule has 1 aromatic rings. The standard InChI is InChI=1S/C14H17ClO2/c1-9-5-6-11(15)12(10(9)2)14(13(16)17)7-3-4-8-14/h5-6H,3-4,7-8H2,1-2H3,(H,16,17). The van der Waals surface area contributed by atoms with Gasteiger partial charge < -0.3 is 5.11 Å². The summed E-state index contributed by atoms with van der Waals surface area (Å²) < 4.78 is 0. The molecular formula is C14H17ClO2. The van der Waals surface area contributed by atoms with E-state index in [0.717, 1.165) is 29.5 Å². The van der Waals surface area contributed by atoms with Crippen molar-refractivity contribution in [2.75, 3.05) is 0 Å². The molecule has 0 heterocycles. The summed E-state index contributed by atoms with van der Waals surface area (Å²) in [5.41, 5.74) is 2.22. The second-order valence-electron chi connectivity index (χ2n) is 4.96. The lowest BCUT2D eigenvalue weighted by Crippen LogP contribution is -2.34. The minimum absolute atomic E-state index is 0.595. The van der Waals surface area contributed by atoms with Gasteiger partial charge in [0.2, 0.25) is 0 Å². The molecule has 2 rings (SSSR count). The van der Waals surface area contributed by atoms with Gasteiger partial charge in [0.05, 0.1) is 5.41 Å². The molecule has 0 saturated heterocycles. The molecule has 0 amide bonds. The third-order valence-corrected chi connectivity index (χ3v) is 4.35. The highest BCUT2D eigenvalue weighted by atomic mass is 35.5. The van der Waals surface area contributed by atoms with E-state index in [1.807, 2.05) is 26.0 Å². The normalized spacial score (nSPS) is 18.3. The average molecular weight is 253 g/mol. The van der Waals surface area contributed by atoms with Gasteiger partial charge in [0.15, 0.2) is 0 Å². The Morgan fingerprint density at radius 3 is 2.41 bits per heavy atom. The Hall–Kier alpha value is -1.02. The summed E-state index contributed by atoms with van der Waals surface area (Å²) in [6.07, 6.45) is 3.34. The van der Waals surface area contributed by atoms with E-state index in [2.05, 4.69) is 0 Å². The summed E-state index contributed by atoms with van der Waals surface area (Å²) in [5.74, 6) is -0.731. The number of rotatable bonds is 2. The van der Waals surface area contributed by atoms with Crippen molar-refractivity contribution >= 4 is 17.6 Å². The molecule has 1 aliphatic carbocycles. The van der Waals surface area contributed by atoms with Gasteiger partial charge in [-0.3, -0.25) is 4.79 Å². The van der Waals surface area contributed by atoms with Crippen LogP contribution < -0.4 is 0 Å². The van der Waals surface area contributed by atoms with Crippen LogP contribution in [0.5, 0.6) is 0 Å². The predicted octanol–water partition coefficient (Wildman–Crippen LogP) is 3.85. The second kappa shape index (κ2) is 4.34. The summed E-state index contributed by atoms with van der Waals surface area (Å²) >= 11 is 6.25. The highest BCUT2D eigenvalue weighted by molar-refractivity contribution is 6.32. The molecule has 1 aliphatic rings. The average Bonchev–Trinajstić information content (AvgIpc) is 2.74. The van der Waals surface area contributed by atoms with Crippen molar-refractivity contribution < 1.29 is 9.90 Å². The Bertz CT molecular complexity index is 460. The van der Waals surface area contributed by atoms with Crippen LogP contribution in [0.15, 0.2) is 12.1 Å². The van der Waals surface area contributed by atoms with Gasteiger partial charge >= 0.3 is 5.97 Å². The molecule has 0 bridgehead atoms. The first-order valence-electron chi connectivity index (χ1n) is 5.98. The number of aryl methyl sites for hydroxylation is 1. The number of halogens is 1. The quantitative estimate of drug-likeness (QED) is 0.868. The van der Waals surface area contributed by atoms with Crippen LogP contribution in [0.25, 0.3) is 0 Å². The molecule has 0 atom stereocenters.